The summed E-state index contributed by atoms with van der Waals surface area (Å²) < 4.78 is 7.59. The van der Waals surface area contributed by atoms with Gasteiger partial charge in [0.1, 0.15) is 11.3 Å². The Bertz CT molecular complexity index is 1800. The molecule has 0 saturated carbocycles. The molecule has 0 aliphatic carbocycles. The van der Waals surface area contributed by atoms with Gasteiger partial charge in [0.25, 0.3) is 11.5 Å². The summed E-state index contributed by atoms with van der Waals surface area (Å²) in [5.41, 5.74) is 8.33. The lowest BCUT2D eigenvalue weighted by Crippen LogP contribution is -2.34. The zero-order chi connectivity index (χ0) is 24.1. The lowest BCUT2D eigenvalue weighted by atomic mass is 9.91. The van der Waals surface area contributed by atoms with Crippen LogP contribution in [0.4, 0.5) is 0 Å². The molecule has 1 amide bonds. The zero-order valence-corrected chi connectivity index (χ0v) is 19.9. The average Bonchev–Trinajstić information content (AvgIpc) is 3.58. The van der Waals surface area contributed by atoms with Crippen LogP contribution in [-0.4, -0.2) is 49.9 Å². The number of imidazole rings is 1. The van der Waals surface area contributed by atoms with Gasteiger partial charge in [-0.1, -0.05) is 18.2 Å². The second-order valence-electron chi connectivity index (χ2n) is 10.3. The van der Waals surface area contributed by atoms with E-state index in [1.54, 1.807) is 6.20 Å². The van der Waals surface area contributed by atoms with E-state index < -0.39 is 0 Å². The normalized spacial score (nSPS) is 19.9. The van der Waals surface area contributed by atoms with Crippen LogP contribution in [0, 0.1) is 6.92 Å². The molecule has 5 aromatic rings. The first kappa shape index (κ1) is 20.3. The first-order valence-electron chi connectivity index (χ1n) is 12.7. The number of aromatic nitrogens is 4. The molecule has 2 aromatic carbocycles. The maximum absolute atomic E-state index is 13.6. The topological polar surface area (TPSA) is 95.5 Å². The molecule has 8 heteroatoms. The Morgan fingerprint density at radius 1 is 1.08 bits per heavy atom. The number of fused-ring (bicyclic) bond motifs is 10. The summed E-state index contributed by atoms with van der Waals surface area (Å²) >= 11 is 0. The quantitative estimate of drug-likeness (QED) is 0.380. The number of hydrogen-bond acceptors (Lipinski definition) is 4. The molecule has 1 atom stereocenters. The van der Waals surface area contributed by atoms with Crippen molar-refractivity contribution in [2.45, 2.75) is 38.1 Å². The standard InChI is InChI=1S/C28H25N5O3/c1-14-3-2-4-16-23-19(30-24(14)16)5-8-32-25(23)17-12-21-20(11-18(17)28(32)35)31-27(34)22-13-29-26(33(21)22)15-6-9-36-10-7-15/h2-4,11-13,15,25,30H,5-10H2,1H3,(H,31,34). The molecule has 3 aromatic heterocycles. The van der Waals surface area contributed by atoms with Crippen molar-refractivity contribution in [3.63, 3.8) is 0 Å². The third-order valence-corrected chi connectivity index (χ3v) is 8.40. The van der Waals surface area contributed by atoms with Gasteiger partial charge in [-0.05, 0) is 43.0 Å². The number of ether oxygens (including phenoxy) is 1. The highest BCUT2D eigenvalue weighted by molar-refractivity contribution is 6.04. The highest BCUT2D eigenvalue weighted by Gasteiger charge is 2.43. The number of aromatic amines is 2. The minimum Gasteiger partial charge on any atom is -0.381 e. The molecule has 180 valence electrons. The lowest BCUT2D eigenvalue weighted by Gasteiger charge is -2.30. The average molecular weight is 480 g/mol. The van der Waals surface area contributed by atoms with E-state index in [4.69, 9.17) is 9.72 Å². The molecule has 1 unspecified atom stereocenters. The van der Waals surface area contributed by atoms with Crippen molar-refractivity contribution in [2.75, 3.05) is 19.8 Å². The predicted octanol–water partition coefficient (Wildman–Crippen LogP) is 3.96. The Morgan fingerprint density at radius 2 is 1.94 bits per heavy atom. The summed E-state index contributed by atoms with van der Waals surface area (Å²) in [5, 5.41) is 1.18. The molecular weight excluding hydrogens is 454 g/mol. The van der Waals surface area contributed by atoms with Gasteiger partial charge in [0, 0.05) is 59.8 Å². The van der Waals surface area contributed by atoms with Crippen LogP contribution in [0.2, 0.25) is 0 Å². The van der Waals surface area contributed by atoms with Crippen LogP contribution in [0.15, 0.2) is 41.3 Å². The number of nitrogens with one attached hydrogen (secondary N) is 2. The highest BCUT2D eigenvalue weighted by Crippen LogP contribution is 2.46. The Kier molecular flexibility index (Phi) is 3.99. The molecule has 0 bridgehead atoms. The Morgan fingerprint density at radius 3 is 2.81 bits per heavy atom. The number of H-pyrrole nitrogens is 2. The predicted molar refractivity (Wildman–Crippen MR) is 136 cm³/mol. The zero-order valence-electron chi connectivity index (χ0n) is 19.9. The van der Waals surface area contributed by atoms with E-state index in [0.29, 0.717) is 36.4 Å². The van der Waals surface area contributed by atoms with Gasteiger partial charge in [0.05, 0.1) is 23.3 Å². The number of rotatable bonds is 1. The van der Waals surface area contributed by atoms with Gasteiger partial charge in [0.15, 0.2) is 0 Å². The second-order valence-corrected chi connectivity index (χ2v) is 10.3. The first-order valence-corrected chi connectivity index (χ1v) is 12.7. The van der Waals surface area contributed by atoms with E-state index in [-0.39, 0.29) is 23.4 Å². The van der Waals surface area contributed by atoms with E-state index in [2.05, 4.69) is 41.2 Å². The van der Waals surface area contributed by atoms with E-state index >= 15 is 0 Å². The highest BCUT2D eigenvalue weighted by atomic mass is 16.5. The molecule has 8 rings (SSSR count). The molecule has 6 heterocycles. The monoisotopic (exact) mass is 479 g/mol. The Balaban J connectivity index is 1.41. The molecule has 1 fully saturated rings. The third kappa shape index (κ3) is 2.54. The van der Waals surface area contributed by atoms with Gasteiger partial charge in [-0.25, -0.2) is 4.98 Å². The molecule has 0 spiro atoms. The summed E-state index contributed by atoms with van der Waals surface area (Å²) in [4.78, 5) is 40.0. The van der Waals surface area contributed by atoms with Crippen LogP contribution >= 0.6 is 0 Å². The van der Waals surface area contributed by atoms with E-state index in [9.17, 15) is 9.59 Å². The van der Waals surface area contributed by atoms with Crippen LogP contribution in [0.3, 0.4) is 0 Å². The molecule has 3 aliphatic heterocycles. The van der Waals surface area contributed by atoms with Crippen molar-refractivity contribution in [3.8, 4) is 0 Å². The fourth-order valence-electron chi connectivity index (χ4n) is 6.67. The second kappa shape index (κ2) is 7.07. The molecule has 1 saturated heterocycles. The number of carbonyl (C=O) groups excluding carboxylic acids is 1. The number of aryl methyl sites for hydroxylation is 1. The Hall–Kier alpha value is -3.91. The van der Waals surface area contributed by atoms with Gasteiger partial charge in [-0.2, -0.15) is 0 Å². The number of hydrogen-bond donors (Lipinski definition) is 2. The SMILES string of the molecule is Cc1cccc2c3c([nH]c12)CCN1C(=O)c2cc4[nH]c(=O)c5cnc(C6CCOCC6)n5c4cc2C31. The first-order chi connectivity index (χ1) is 17.6. The number of nitrogens with zero attached hydrogens (tertiary/aromatic N) is 3. The number of carbonyl (C=O) groups is 1. The van der Waals surface area contributed by atoms with E-state index in [0.717, 1.165) is 41.7 Å². The lowest BCUT2D eigenvalue weighted by molar-refractivity contribution is 0.0740. The van der Waals surface area contributed by atoms with Crippen molar-refractivity contribution in [1.29, 1.82) is 0 Å². The third-order valence-electron chi connectivity index (χ3n) is 8.40. The fraction of sp³-hybridized carbons (Fsp3) is 0.321. The van der Waals surface area contributed by atoms with Gasteiger partial charge in [-0.3, -0.25) is 14.0 Å². The summed E-state index contributed by atoms with van der Waals surface area (Å²) in [7, 11) is 0. The minimum atomic E-state index is -0.189. The van der Waals surface area contributed by atoms with Crippen LogP contribution < -0.4 is 5.56 Å². The van der Waals surface area contributed by atoms with Crippen molar-refractivity contribution in [1.82, 2.24) is 24.3 Å². The van der Waals surface area contributed by atoms with Crippen LogP contribution in [0.5, 0.6) is 0 Å². The molecule has 3 aliphatic rings. The minimum absolute atomic E-state index is 0.0285. The van der Waals surface area contributed by atoms with Crippen LogP contribution in [0.25, 0.3) is 27.5 Å². The van der Waals surface area contributed by atoms with Gasteiger partial charge < -0.3 is 19.6 Å². The largest absolute Gasteiger partial charge is 0.381 e. The molecular formula is C28H25N5O3. The summed E-state index contributed by atoms with van der Waals surface area (Å²) in [6.45, 7) is 4.18. The summed E-state index contributed by atoms with van der Waals surface area (Å²) in [5.74, 6) is 1.16. The number of amides is 1. The van der Waals surface area contributed by atoms with Gasteiger partial charge in [-0.15, -0.1) is 0 Å². The Labute approximate surface area is 205 Å². The smallest absolute Gasteiger partial charge is 0.274 e. The fourth-order valence-corrected chi connectivity index (χ4v) is 6.67. The van der Waals surface area contributed by atoms with Crippen molar-refractivity contribution in [2.24, 2.45) is 0 Å². The van der Waals surface area contributed by atoms with Crippen molar-refractivity contribution in [3.05, 3.63) is 80.7 Å². The van der Waals surface area contributed by atoms with Crippen molar-refractivity contribution < 1.29 is 9.53 Å². The molecule has 2 N–H and O–H groups in total. The van der Waals surface area contributed by atoms with Crippen LogP contribution in [0.1, 0.15) is 63.4 Å². The van der Waals surface area contributed by atoms with E-state index in [1.165, 1.54) is 22.2 Å². The number of para-hydroxylation sites is 1. The van der Waals surface area contributed by atoms with E-state index in [1.807, 2.05) is 15.4 Å². The molecule has 8 nitrogen and oxygen atoms in total. The van der Waals surface area contributed by atoms with Crippen molar-refractivity contribution >= 4 is 33.4 Å². The summed E-state index contributed by atoms with van der Waals surface area (Å²) in [6.07, 6.45) is 4.24. The maximum Gasteiger partial charge on any atom is 0.274 e. The van der Waals surface area contributed by atoms with Gasteiger partial charge >= 0.3 is 0 Å². The number of benzene rings is 2. The van der Waals surface area contributed by atoms with Gasteiger partial charge in [0.2, 0.25) is 0 Å². The van der Waals surface area contributed by atoms with Crippen LogP contribution in [-0.2, 0) is 11.2 Å². The molecule has 0 radical (unpaired) electrons. The summed E-state index contributed by atoms with van der Waals surface area (Å²) in [6, 6.07) is 10.2. The maximum atomic E-state index is 13.6. The molecule has 36 heavy (non-hydrogen) atoms.